The Kier molecular flexibility index (Phi) is 37.7. The van der Waals surface area contributed by atoms with E-state index in [1.165, 1.54) is 19.3 Å². The highest BCUT2D eigenvalue weighted by molar-refractivity contribution is 7.45. The van der Waals surface area contributed by atoms with Crippen molar-refractivity contribution in [2.45, 2.75) is 161 Å². The number of esters is 2. The number of carbonyl (C=O) groups is 2. The van der Waals surface area contributed by atoms with Crippen LogP contribution in [-0.2, 0) is 32.7 Å². The Morgan fingerprint density at radius 2 is 0.983 bits per heavy atom. The highest BCUT2D eigenvalue weighted by Gasteiger charge is 2.21. The van der Waals surface area contributed by atoms with Crippen LogP contribution in [0.4, 0.5) is 0 Å². The molecule has 0 rings (SSSR count). The molecule has 9 nitrogen and oxygen atoms in total. The minimum atomic E-state index is -4.62. The van der Waals surface area contributed by atoms with Crippen molar-refractivity contribution in [1.82, 2.24) is 0 Å². The van der Waals surface area contributed by atoms with Crippen LogP contribution in [0.3, 0.4) is 0 Å². The van der Waals surface area contributed by atoms with Gasteiger partial charge in [0.1, 0.15) is 19.8 Å². The second-order valence-corrected chi connectivity index (χ2v) is 17.1. The van der Waals surface area contributed by atoms with Crippen LogP contribution in [0.25, 0.3) is 0 Å². The SMILES string of the molecule is CC/C=C\C/C=C\C/C=C\C/C=C\C/C=C\C/C=C\C/C=C\CCCCCCCCCC(=O)OC(COC(=O)CCCCCCC)COP(=O)([O-])OCC[N+](C)(C)C. The Balaban J connectivity index is 4.13. The van der Waals surface area contributed by atoms with Crippen molar-refractivity contribution in [2.24, 2.45) is 0 Å². The number of phosphoric ester groups is 1. The third kappa shape index (κ3) is 42.8. The van der Waals surface area contributed by atoms with Crippen molar-refractivity contribution in [2.75, 3.05) is 47.5 Å². The third-order valence-corrected chi connectivity index (χ3v) is 9.89. The molecule has 0 aromatic rings. The van der Waals surface area contributed by atoms with Gasteiger partial charge in [-0.3, -0.25) is 14.2 Å². The molecule has 0 spiro atoms. The summed E-state index contributed by atoms with van der Waals surface area (Å²) in [5, 5.41) is 0. The van der Waals surface area contributed by atoms with E-state index >= 15 is 0 Å². The Hall–Kier alpha value is -2.81. The summed E-state index contributed by atoms with van der Waals surface area (Å²) >= 11 is 0. The number of allylic oxidation sites excluding steroid dienone is 14. The number of ether oxygens (including phenoxy) is 2. The molecule has 332 valence electrons. The van der Waals surface area contributed by atoms with E-state index in [9.17, 15) is 19.0 Å². The maximum absolute atomic E-state index is 12.6. The molecular weight excluding hydrogens is 750 g/mol. The van der Waals surface area contributed by atoms with E-state index in [2.05, 4.69) is 98.9 Å². The van der Waals surface area contributed by atoms with Crippen LogP contribution in [0.15, 0.2) is 85.1 Å². The van der Waals surface area contributed by atoms with Gasteiger partial charge in [-0.05, 0) is 70.6 Å². The van der Waals surface area contributed by atoms with Gasteiger partial charge >= 0.3 is 11.9 Å². The van der Waals surface area contributed by atoms with Crippen molar-refractivity contribution in [3.8, 4) is 0 Å². The predicted octanol–water partition coefficient (Wildman–Crippen LogP) is 12.2. The molecule has 0 aliphatic heterocycles. The van der Waals surface area contributed by atoms with Gasteiger partial charge in [0, 0.05) is 12.8 Å². The Morgan fingerprint density at radius 1 is 0.552 bits per heavy atom. The molecule has 0 aliphatic carbocycles. The third-order valence-electron chi connectivity index (χ3n) is 8.93. The molecule has 10 heteroatoms. The first-order valence-electron chi connectivity index (χ1n) is 22.3. The Labute approximate surface area is 354 Å². The van der Waals surface area contributed by atoms with E-state index in [1.54, 1.807) is 0 Å². The minimum Gasteiger partial charge on any atom is -0.756 e. The molecule has 0 amide bonds. The van der Waals surface area contributed by atoms with Crippen LogP contribution in [0.2, 0.25) is 0 Å². The van der Waals surface area contributed by atoms with Crippen LogP contribution in [0, 0.1) is 0 Å². The summed E-state index contributed by atoms with van der Waals surface area (Å²) in [5.74, 6) is -0.870. The molecule has 0 aliphatic rings. The van der Waals surface area contributed by atoms with Crippen molar-refractivity contribution < 1.29 is 42.1 Å². The predicted molar refractivity (Wildman–Crippen MR) is 240 cm³/mol. The van der Waals surface area contributed by atoms with Gasteiger partial charge in [0.25, 0.3) is 7.82 Å². The molecule has 0 fully saturated rings. The standard InChI is InChI=1S/C48H82NO8P/c1-6-8-10-12-13-14-15-16-17-18-19-20-21-22-23-24-25-26-27-28-29-30-31-32-33-34-35-37-39-41-48(51)57-46(44-54-47(50)40-38-36-11-9-7-2)45-56-58(52,53)55-43-42-49(3,4)5/h8,10,13-14,16-17,19-20,22-23,25-26,28-29,46H,6-7,9,11-12,15,18,21,24,27,30-45H2,1-5H3/b10-8-,14-13-,17-16-,20-19-,23-22-,26-25-,29-28-. The molecular formula is C48H82NO8P. The van der Waals surface area contributed by atoms with Crippen molar-refractivity contribution in [1.29, 1.82) is 0 Å². The topological polar surface area (TPSA) is 111 Å². The number of quaternary nitrogens is 1. The molecule has 2 unspecified atom stereocenters. The number of likely N-dealkylation sites (N-methyl/N-ethyl adjacent to an activating group) is 1. The molecule has 0 radical (unpaired) electrons. The normalized spacial score (nSPS) is 14.4. The van der Waals surface area contributed by atoms with Gasteiger partial charge in [0.05, 0.1) is 27.7 Å². The lowest BCUT2D eigenvalue weighted by atomic mass is 10.1. The van der Waals surface area contributed by atoms with Crippen molar-refractivity contribution in [3.05, 3.63) is 85.1 Å². The summed E-state index contributed by atoms with van der Waals surface area (Å²) < 4.78 is 33.6. The van der Waals surface area contributed by atoms with Gasteiger partial charge in [-0.2, -0.15) is 0 Å². The molecule has 0 bridgehead atoms. The number of hydrogen-bond donors (Lipinski definition) is 0. The average Bonchev–Trinajstić information content (AvgIpc) is 3.17. The lowest BCUT2D eigenvalue weighted by Crippen LogP contribution is -2.37. The maximum Gasteiger partial charge on any atom is 0.306 e. The zero-order chi connectivity index (χ0) is 42.8. The lowest BCUT2D eigenvalue weighted by Gasteiger charge is -2.28. The monoisotopic (exact) mass is 832 g/mol. The number of nitrogens with zero attached hydrogens (tertiary/aromatic N) is 1. The fourth-order valence-electron chi connectivity index (χ4n) is 5.46. The van der Waals surface area contributed by atoms with Crippen LogP contribution < -0.4 is 4.89 Å². The molecule has 0 heterocycles. The quantitative estimate of drug-likeness (QED) is 0.0198. The second-order valence-electron chi connectivity index (χ2n) is 15.7. The van der Waals surface area contributed by atoms with Gasteiger partial charge in [-0.15, -0.1) is 0 Å². The lowest BCUT2D eigenvalue weighted by molar-refractivity contribution is -0.870. The van der Waals surface area contributed by atoms with Crippen LogP contribution >= 0.6 is 7.82 Å². The molecule has 0 N–H and O–H groups in total. The molecule has 2 atom stereocenters. The van der Waals surface area contributed by atoms with Crippen LogP contribution in [0.5, 0.6) is 0 Å². The highest BCUT2D eigenvalue weighted by Crippen LogP contribution is 2.38. The van der Waals surface area contributed by atoms with E-state index in [4.69, 9.17) is 18.5 Å². The van der Waals surface area contributed by atoms with Crippen LogP contribution in [0.1, 0.15) is 155 Å². The molecule has 58 heavy (non-hydrogen) atoms. The van der Waals surface area contributed by atoms with Crippen molar-refractivity contribution in [3.63, 3.8) is 0 Å². The molecule has 0 saturated heterocycles. The minimum absolute atomic E-state index is 0.0372. The zero-order valence-electron chi connectivity index (χ0n) is 37.2. The summed E-state index contributed by atoms with van der Waals surface area (Å²) in [5.41, 5.74) is 0. The van der Waals surface area contributed by atoms with Gasteiger partial charge in [0.15, 0.2) is 6.10 Å². The first kappa shape index (κ1) is 55.2. The van der Waals surface area contributed by atoms with E-state index in [1.807, 2.05) is 21.1 Å². The first-order chi connectivity index (χ1) is 28.0. The Morgan fingerprint density at radius 3 is 1.47 bits per heavy atom. The fraction of sp³-hybridized carbons (Fsp3) is 0.667. The summed E-state index contributed by atoms with van der Waals surface area (Å²) in [7, 11) is 1.14. The van der Waals surface area contributed by atoms with Gasteiger partial charge in [0.2, 0.25) is 0 Å². The first-order valence-corrected chi connectivity index (χ1v) is 23.8. The average molecular weight is 832 g/mol. The summed E-state index contributed by atoms with van der Waals surface area (Å²) in [6.07, 6.45) is 50.9. The smallest absolute Gasteiger partial charge is 0.306 e. The number of phosphoric acid groups is 1. The van der Waals surface area contributed by atoms with E-state index in [-0.39, 0.29) is 26.1 Å². The number of unbranched alkanes of at least 4 members (excludes halogenated alkanes) is 11. The highest BCUT2D eigenvalue weighted by atomic mass is 31.2. The van der Waals surface area contributed by atoms with Crippen molar-refractivity contribution >= 4 is 19.8 Å². The second kappa shape index (κ2) is 39.6. The summed E-state index contributed by atoms with van der Waals surface area (Å²) in [6, 6.07) is 0. The van der Waals surface area contributed by atoms with Crippen LogP contribution in [-0.4, -0.2) is 70.0 Å². The Bertz CT molecular complexity index is 1260. The van der Waals surface area contributed by atoms with Gasteiger partial charge in [-0.25, -0.2) is 0 Å². The number of hydrogen-bond acceptors (Lipinski definition) is 8. The van der Waals surface area contributed by atoms with Gasteiger partial charge < -0.3 is 27.9 Å². The zero-order valence-corrected chi connectivity index (χ0v) is 38.1. The fourth-order valence-corrected chi connectivity index (χ4v) is 6.18. The van der Waals surface area contributed by atoms with E-state index < -0.39 is 32.5 Å². The maximum atomic E-state index is 12.6. The number of rotatable bonds is 39. The largest absolute Gasteiger partial charge is 0.756 e. The molecule has 0 aromatic heterocycles. The molecule has 0 saturated carbocycles. The molecule has 0 aromatic carbocycles. The summed E-state index contributed by atoms with van der Waals surface area (Å²) in [4.78, 5) is 37.2. The number of carbonyl (C=O) groups excluding carboxylic acids is 2. The van der Waals surface area contributed by atoms with E-state index in [0.717, 1.165) is 103 Å². The van der Waals surface area contributed by atoms with Gasteiger partial charge in [-0.1, -0.05) is 157 Å². The van der Waals surface area contributed by atoms with E-state index in [0.29, 0.717) is 17.4 Å². The summed E-state index contributed by atoms with van der Waals surface area (Å²) in [6.45, 7) is 3.97.